The van der Waals surface area contributed by atoms with Crippen LogP contribution < -0.4 is 4.90 Å². The first-order valence-corrected chi connectivity index (χ1v) is 7.21. The smallest absolute Gasteiger partial charge is 0.306 e. The lowest BCUT2D eigenvalue weighted by Gasteiger charge is -2.30. The summed E-state index contributed by atoms with van der Waals surface area (Å²) in [6, 6.07) is 8.21. The number of hydrogen-bond donors (Lipinski definition) is 0. The molecule has 1 aromatic carbocycles. The second kappa shape index (κ2) is 7.08. The molecule has 4 nitrogen and oxygen atoms in total. The molecule has 1 aliphatic rings. The molecule has 0 amide bonds. The number of aryl methyl sites for hydroxylation is 1. The third-order valence-electron chi connectivity index (χ3n) is 3.49. The van der Waals surface area contributed by atoms with Crippen LogP contribution in [0.3, 0.4) is 0 Å². The Kier molecular flexibility index (Phi) is 5.16. The molecule has 0 saturated heterocycles. The number of Topliss-reactive ketones (excluding diaryl/α,β-unsaturated/α-hetero) is 1. The highest BCUT2D eigenvalue weighted by Gasteiger charge is 2.18. The van der Waals surface area contributed by atoms with Crippen LogP contribution in [-0.4, -0.2) is 31.4 Å². The van der Waals surface area contributed by atoms with Crippen LogP contribution in [0.5, 0.6) is 0 Å². The van der Waals surface area contributed by atoms with E-state index >= 15 is 0 Å². The molecule has 1 aliphatic heterocycles. The Morgan fingerprint density at radius 2 is 2.05 bits per heavy atom. The molecule has 0 fully saturated rings. The monoisotopic (exact) mass is 275 g/mol. The van der Waals surface area contributed by atoms with E-state index in [9.17, 15) is 9.59 Å². The number of anilines is 1. The summed E-state index contributed by atoms with van der Waals surface area (Å²) in [5.74, 6) is -0.199. The molecule has 2 rings (SSSR count). The van der Waals surface area contributed by atoms with E-state index in [-0.39, 0.29) is 24.6 Å². The minimum absolute atomic E-state index is 0.0924. The van der Waals surface area contributed by atoms with Gasteiger partial charge in [-0.25, -0.2) is 0 Å². The fraction of sp³-hybridized carbons (Fsp3) is 0.500. The fourth-order valence-corrected chi connectivity index (χ4v) is 2.54. The number of carbonyl (C=O) groups is 2. The summed E-state index contributed by atoms with van der Waals surface area (Å²) in [5, 5.41) is 0. The molecule has 0 atom stereocenters. The summed E-state index contributed by atoms with van der Waals surface area (Å²) in [6.45, 7) is 3.43. The van der Waals surface area contributed by atoms with E-state index in [2.05, 4.69) is 17.0 Å². The first kappa shape index (κ1) is 14.6. The highest BCUT2D eigenvalue weighted by atomic mass is 16.5. The van der Waals surface area contributed by atoms with E-state index in [1.54, 1.807) is 6.92 Å². The molecule has 0 radical (unpaired) electrons. The molecule has 20 heavy (non-hydrogen) atoms. The number of benzene rings is 1. The van der Waals surface area contributed by atoms with Gasteiger partial charge in [0.1, 0.15) is 0 Å². The lowest BCUT2D eigenvalue weighted by atomic mass is 10.0. The number of esters is 1. The van der Waals surface area contributed by atoms with Crippen LogP contribution >= 0.6 is 0 Å². The predicted octanol–water partition coefficient (Wildman–Crippen LogP) is 2.35. The zero-order valence-electron chi connectivity index (χ0n) is 11.9. The number of ketones is 1. The number of fused-ring (bicyclic) bond motifs is 1. The normalized spacial score (nSPS) is 13.8. The third-order valence-corrected chi connectivity index (χ3v) is 3.49. The Morgan fingerprint density at radius 3 is 2.85 bits per heavy atom. The van der Waals surface area contributed by atoms with Crippen molar-refractivity contribution in [1.82, 2.24) is 0 Å². The van der Waals surface area contributed by atoms with Gasteiger partial charge in [-0.1, -0.05) is 18.2 Å². The maximum absolute atomic E-state index is 12.0. The van der Waals surface area contributed by atoms with Crippen molar-refractivity contribution >= 4 is 17.4 Å². The van der Waals surface area contributed by atoms with E-state index < -0.39 is 0 Å². The van der Waals surface area contributed by atoms with Crippen molar-refractivity contribution in [2.75, 3.05) is 24.6 Å². The molecule has 0 N–H and O–H groups in total. The van der Waals surface area contributed by atoms with Gasteiger partial charge in [-0.3, -0.25) is 9.59 Å². The zero-order valence-corrected chi connectivity index (χ0v) is 11.9. The predicted molar refractivity (Wildman–Crippen MR) is 77.9 cm³/mol. The standard InChI is InChI=1S/C16H21NO3/c1-2-20-16(19)10-9-14(18)12-17-11-5-7-13-6-3-4-8-15(13)17/h3-4,6,8H,2,5,7,9-12H2,1H3. The van der Waals surface area contributed by atoms with Crippen molar-refractivity contribution in [3.8, 4) is 0 Å². The van der Waals surface area contributed by atoms with Crippen molar-refractivity contribution in [1.29, 1.82) is 0 Å². The lowest BCUT2D eigenvalue weighted by Crippen LogP contribution is -2.34. The van der Waals surface area contributed by atoms with Crippen molar-refractivity contribution in [3.63, 3.8) is 0 Å². The van der Waals surface area contributed by atoms with Crippen molar-refractivity contribution < 1.29 is 14.3 Å². The first-order valence-electron chi connectivity index (χ1n) is 7.21. The van der Waals surface area contributed by atoms with E-state index in [4.69, 9.17) is 4.74 Å². The van der Waals surface area contributed by atoms with Crippen LogP contribution in [0.25, 0.3) is 0 Å². The molecule has 0 bridgehead atoms. The van der Waals surface area contributed by atoms with Gasteiger partial charge in [-0.05, 0) is 31.4 Å². The van der Waals surface area contributed by atoms with E-state index in [0.717, 1.165) is 25.1 Å². The van der Waals surface area contributed by atoms with E-state index in [1.165, 1.54) is 5.56 Å². The van der Waals surface area contributed by atoms with E-state index in [0.29, 0.717) is 13.2 Å². The van der Waals surface area contributed by atoms with Gasteiger partial charge in [0.05, 0.1) is 19.6 Å². The molecule has 0 unspecified atom stereocenters. The zero-order chi connectivity index (χ0) is 14.4. The summed E-state index contributed by atoms with van der Waals surface area (Å²) in [5.41, 5.74) is 2.46. The molecule has 108 valence electrons. The molecule has 0 spiro atoms. The number of para-hydroxylation sites is 1. The van der Waals surface area contributed by atoms with E-state index in [1.807, 2.05) is 12.1 Å². The SMILES string of the molecule is CCOC(=O)CCC(=O)CN1CCCc2ccccc21. The molecule has 0 saturated carbocycles. The molecular weight excluding hydrogens is 254 g/mol. The first-order chi connectivity index (χ1) is 9.70. The second-order valence-corrected chi connectivity index (χ2v) is 5.00. The van der Waals surface area contributed by atoms with Crippen LogP contribution in [-0.2, 0) is 20.7 Å². The lowest BCUT2D eigenvalue weighted by molar-refractivity contribution is -0.144. The Hall–Kier alpha value is -1.84. The van der Waals surface area contributed by atoms with Crippen molar-refractivity contribution in [3.05, 3.63) is 29.8 Å². The van der Waals surface area contributed by atoms with Gasteiger partial charge in [0, 0.05) is 18.7 Å². The molecular formula is C16H21NO3. The minimum atomic E-state index is -0.292. The Bertz CT molecular complexity index is 484. The fourth-order valence-electron chi connectivity index (χ4n) is 2.54. The number of hydrogen-bond acceptors (Lipinski definition) is 4. The second-order valence-electron chi connectivity index (χ2n) is 5.00. The quantitative estimate of drug-likeness (QED) is 0.748. The molecule has 4 heteroatoms. The van der Waals surface area contributed by atoms with Crippen LogP contribution in [0, 0.1) is 0 Å². The van der Waals surface area contributed by atoms with Gasteiger partial charge in [0.15, 0.2) is 5.78 Å². The summed E-state index contributed by atoms with van der Waals surface area (Å²) in [4.78, 5) is 25.3. The van der Waals surface area contributed by atoms with Gasteiger partial charge >= 0.3 is 5.97 Å². The highest BCUT2D eigenvalue weighted by Crippen LogP contribution is 2.26. The average Bonchev–Trinajstić information content (AvgIpc) is 2.46. The molecule has 1 aromatic rings. The number of rotatable bonds is 6. The van der Waals surface area contributed by atoms with Crippen LogP contribution in [0.15, 0.2) is 24.3 Å². The molecule has 1 heterocycles. The number of carbonyl (C=O) groups excluding carboxylic acids is 2. The maximum Gasteiger partial charge on any atom is 0.306 e. The van der Waals surface area contributed by atoms with Crippen LogP contribution in [0.4, 0.5) is 5.69 Å². The van der Waals surface area contributed by atoms with Gasteiger partial charge in [-0.2, -0.15) is 0 Å². The average molecular weight is 275 g/mol. The largest absolute Gasteiger partial charge is 0.466 e. The van der Waals surface area contributed by atoms with Crippen LogP contribution in [0.2, 0.25) is 0 Å². The topological polar surface area (TPSA) is 46.6 Å². The number of ether oxygens (including phenoxy) is 1. The summed E-state index contributed by atoms with van der Waals surface area (Å²) in [6.07, 6.45) is 2.59. The van der Waals surface area contributed by atoms with Gasteiger partial charge < -0.3 is 9.64 Å². The van der Waals surface area contributed by atoms with Crippen LogP contribution in [0.1, 0.15) is 31.7 Å². The van der Waals surface area contributed by atoms with Crippen molar-refractivity contribution in [2.45, 2.75) is 32.6 Å². The molecule has 0 aromatic heterocycles. The van der Waals surface area contributed by atoms with Gasteiger partial charge in [0.25, 0.3) is 0 Å². The molecule has 0 aliphatic carbocycles. The third kappa shape index (κ3) is 3.83. The summed E-state index contributed by atoms with van der Waals surface area (Å²) in [7, 11) is 0. The minimum Gasteiger partial charge on any atom is -0.466 e. The summed E-state index contributed by atoms with van der Waals surface area (Å²) < 4.78 is 4.83. The Labute approximate surface area is 119 Å². The maximum atomic E-state index is 12.0. The van der Waals surface area contributed by atoms with Gasteiger partial charge in [0.2, 0.25) is 0 Å². The number of nitrogens with zero attached hydrogens (tertiary/aromatic N) is 1. The summed E-state index contributed by atoms with van der Waals surface area (Å²) >= 11 is 0. The van der Waals surface area contributed by atoms with Gasteiger partial charge in [-0.15, -0.1) is 0 Å². The Balaban J connectivity index is 1.88. The Morgan fingerprint density at radius 1 is 1.25 bits per heavy atom. The highest BCUT2D eigenvalue weighted by molar-refractivity contribution is 5.86. The van der Waals surface area contributed by atoms with Crippen molar-refractivity contribution in [2.24, 2.45) is 0 Å².